The monoisotopic (exact) mass is 719 g/mol. The number of halogens is 3. The first-order valence-corrected chi connectivity index (χ1v) is 18.7. The number of carboxylic acids is 1. The Morgan fingerprint density at radius 1 is 0.809 bits per heavy atom. The summed E-state index contributed by atoms with van der Waals surface area (Å²) in [6.45, 7) is 2.78. The van der Waals surface area contributed by atoms with Gasteiger partial charge in [0.2, 0.25) is 10.0 Å². The quantitative estimate of drug-likeness (QED) is 0.200. The van der Waals surface area contributed by atoms with E-state index >= 15 is 0 Å². The predicted octanol–water partition coefficient (Wildman–Crippen LogP) is 7.56. The first-order valence-electron chi connectivity index (χ1n) is 16.1. The van der Waals surface area contributed by atoms with Crippen molar-refractivity contribution >= 4 is 62.4 Å². The van der Waals surface area contributed by atoms with E-state index < -0.39 is 27.9 Å². The van der Waals surface area contributed by atoms with Gasteiger partial charge in [-0.3, -0.25) is 4.79 Å². The maximum Gasteiger partial charge on any atom is 0.326 e. The highest BCUT2D eigenvalue weighted by molar-refractivity contribution is 7.89. The van der Waals surface area contributed by atoms with Crippen LogP contribution in [-0.4, -0.2) is 61.9 Å². The minimum Gasteiger partial charge on any atom is -0.480 e. The van der Waals surface area contributed by atoms with Gasteiger partial charge in [0.05, 0.1) is 25.7 Å². The Labute approximate surface area is 292 Å². The molecule has 2 fully saturated rings. The number of sulfonamides is 1. The lowest BCUT2D eigenvalue weighted by Crippen LogP contribution is -2.42. The molecule has 0 spiro atoms. The zero-order chi connectivity index (χ0) is 33.6. The third kappa shape index (κ3) is 9.21. The van der Waals surface area contributed by atoms with Crippen LogP contribution in [0, 0.1) is 11.8 Å². The molecule has 0 saturated carbocycles. The van der Waals surface area contributed by atoms with E-state index in [4.69, 9.17) is 34.8 Å². The van der Waals surface area contributed by atoms with Gasteiger partial charge in [-0.1, -0.05) is 84.4 Å². The number of carbonyl (C=O) groups excluding carboxylic acids is 1. The maximum absolute atomic E-state index is 13.1. The van der Waals surface area contributed by atoms with Crippen LogP contribution in [0.2, 0.25) is 15.1 Å². The number of rotatable bonds is 12. The van der Waals surface area contributed by atoms with Crippen molar-refractivity contribution in [2.24, 2.45) is 11.8 Å². The molecule has 2 saturated heterocycles. The van der Waals surface area contributed by atoms with Gasteiger partial charge >= 0.3 is 5.97 Å². The standard InChI is InChI=1S/C35H40Cl3N3O5S/c36-29-11-10-28(23-30(29)37)47(45,46)41-19-15-25(16-20-41)8-4-7-24-13-17-40(18-14-24)33-12-9-27(22-31(33)38)34(42)39-32(35(43)44)21-26-5-2-1-3-6-26/h1-3,5-6,9-12,22-25,32H,4,7-8,13-21H2,(H,39,42)(H,43,44). The summed E-state index contributed by atoms with van der Waals surface area (Å²) < 4.78 is 27.7. The fraction of sp³-hybridized carbons (Fsp3) is 0.429. The highest BCUT2D eigenvalue weighted by Gasteiger charge is 2.30. The number of nitrogens with zero attached hydrogens (tertiary/aromatic N) is 2. The van der Waals surface area contributed by atoms with Gasteiger partial charge in [0.25, 0.3) is 5.91 Å². The summed E-state index contributed by atoms with van der Waals surface area (Å²) in [6.07, 6.45) is 7.39. The molecule has 1 atom stereocenters. The van der Waals surface area contributed by atoms with Gasteiger partial charge in [-0.25, -0.2) is 13.2 Å². The van der Waals surface area contributed by atoms with Crippen molar-refractivity contribution in [1.82, 2.24) is 9.62 Å². The van der Waals surface area contributed by atoms with Crippen LogP contribution in [0.15, 0.2) is 71.6 Å². The number of benzene rings is 3. The molecule has 1 amide bonds. The maximum atomic E-state index is 13.1. The smallest absolute Gasteiger partial charge is 0.326 e. The Hall–Kier alpha value is -2.82. The van der Waals surface area contributed by atoms with Crippen LogP contribution in [0.4, 0.5) is 5.69 Å². The molecule has 5 rings (SSSR count). The van der Waals surface area contributed by atoms with Gasteiger partial charge in [0.1, 0.15) is 6.04 Å². The summed E-state index contributed by atoms with van der Waals surface area (Å²) in [4.78, 5) is 27.1. The molecule has 3 aromatic rings. The minimum atomic E-state index is -3.58. The van der Waals surface area contributed by atoms with Gasteiger partial charge in [-0.05, 0) is 79.5 Å². The summed E-state index contributed by atoms with van der Waals surface area (Å²) in [7, 11) is -3.58. The second kappa shape index (κ2) is 16.1. The number of carbonyl (C=O) groups is 2. The first kappa shape index (κ1) is 35.5. The second-order valence-corrected chi connectivity index (χ2v) is 15.7. The van der Waals surface area contributed by atoms with Crippen molar-refractivity contribution in [2.75, 3.05) is 31.1 Å². The Bertz CT molecular complexity index is 1660. The summed E-state index contributed by atoms with van der Waals surface area (Å²) in [5.41, 5.74) is 2.03. The summed E-state index contributed by atoms with van der Waals surface area (Å²) >= 11 is 18.7. The summed E-state index contributed by atoms with van der Waals surface area (Å²) in [6, 6.07) is 17.8. The van der Waals surface area contributed by atoms with Crippen molar-refractivity contribution in [2.45, 2.75) is 62.3 Å². The highest BCUT2D eigenvalue weighted by atomic mass is 35.5. The van der Waals surface area contributed by atoms with E-state index in [2.05, 4.69) is 10.2 Å². The largest absolute Gasteiger partial charge is 0.480 e. The van der Waals surface area contributed by atoms with Crippen molar-refractivity contribution in [1.29, 1.82) is 0 Å². The molecule has 2 aliphatic heterocycles. The van der Waals surface area contributed by atoms with Gasteiger partial charge < -0.3 is 15.3 Å². The molecule has 2 heterocycles. The number of carboxylic acid groups (broad SMARTS) is 1. The Kier molecular flexibility index (Phi) is 12.1. The normalized spacial score (nSPS) is 17.4. The average Bonchev–Trinajstić information content (AvgIpc) is 3.06. The molecule has 0 aromatic heterocycles. The topological polar surface area (TPSA) is 107 Å². The zero-order valence-corrected chi connectivity index (χ0v) is 29.2. The zero-order valence-electron chi connectivity index (χ0n) is 26.1. The molecule has 47 heavy (non-hydrogen) atoms. The van der Waals surface area contributed by atoms with Gasteiger partial charge in [0, 0.05) is 38.2 Å². The van der Waals surface area contributed by atoms with Crippen LogP contribution in [0.3, 0.4) is 0 Å². The van der Waals surface area contributed by atoms with Crippen molar-refractivity contribution in [3.05, 3.63) is 92.9 Å². The van der Waals surface area contributed by atoms with Crippen LogP contribution < -0.4 is 10.2 Å². The molecule has 252 valence electrons. The summed E-state index contributed by atoms with van der Waals surface area (Å²) in [5.74, 6) is -0.416. The number of aliphatic carboxylic acids is 1. The number of piperidine rings is 2. The van der Waals surface area contributed by atoms with Crippen LogP contribution in [0.1, 0.15) is 60.9 Å². The van der Waals surface area contributed by atoms with Gasteiger partial charge in [-0.15, -0.1) is 0 Å². The van der Waals surface area contributed by atoms with E-state index in [1.165, 1.54) is 18.2 Å². The second-order valence-electron chi connectivity index (χ2n) is 12.5. The van der Waals surface area contributed by atoms with Crippen molar-refractivity contribution in [3.63, 3.8) is 0 Å². The van der Waals surface area contributed by atoms with E-state index in [0.717, 1.165) is 69.3 Å². The SMILES string of the molecule is O=C(NC(Cc1ccccc1)C(=O)O)c1ccc(N2CCC(CCCC3CCN(S(=O)(=O)c4ccc(Cl)c(Cl)c4)CC3)CC2)c(Cl)c1. The fourth-order valence-electron chi connectivity index (χ4n) is 6.58. The number of amides is 1. The molecule has 0 bridgehead atoms. The first-order chi connectivity index (χ1) is 22.5. The van der Waals surface area contributed by atoms with Crippen LogP contribution >= 0.6 is 34.8 Å². The lowest BCUT2D eigenvalue weighted by Gasteiger charge is -2.35. The molecule has 2 N–H and O–H groups in total. The average molecular weight is 721 g/mol. The molecule has 0 aliphatic carbocycles. The van der Waals surface area contributed by atoms with Crippen LogP contribution in [0.5, 0.6) is 0 Å². The van der Waals surface area contributed by atoms with Gasteiger partial charge in [-0.2, -0.15) is 4.31 Å². The van der Waals surface area contributed by atoms with Gasteiger partial charge in [0.15, 0.2) is 0 Å². The minimum absolute atomic E-state index is 0.183. The third-order valence-corrected chi connectivity index (χ3v) is 12.3. The van der Waals surface area contributed by atoms with Crippen LogP contribution in [0.25, 0.3) is 0 Å². The predicted molar refractivity (Wildman–Crippen MR) is 187 cm³/mol. The number of hydrogen-bond donors (Lipinski definition) is 2. The Morgan fingerprint density at radius 3 is 2.04 bits per heavy atom. The summed E-state index contributed by atoms with van der Waals surface area (Å²) in [5, 5.41) is 13.3. The number of anilines is 1. The highest BCUT2D eigenvalue weighted by Crippen LogP contribution is 2.34. The molecule has 2 aliphatic rings. The molecule has 12 heteroatoms. The van der Waals surface area contributed by atoms with Crippen LogP contribution in [-0.2, 0) is 21.2 Å². The molecule has 1 unspecified atom stereocenters. The number of hydrogen-bond acceptors (Lipinski definition) is 5. The Morgan fingerprint density at radius 2 is 1.45 bits per heavy atom. The molecular formula is C35H40Cl3N3O5S. The Balaban J connectivity index is 1.04. The van der Waals surface area contributed by atoms with Crippen molar-refractivity contribution in [3.8, 4) is 0 Å². The molecule has 3 aromatic carbocycles. The lowest BCUT2D eigenvalue weighted by molar-refractivity contribution is -0.139. The number of nitrogens with one attached hydrogen (secondary N) is 1. The fourth-order valence-corrected chi connectivity index (χ4v) is 8.74. The van der Waals surface area contributed by atoms with E-state index in [9.17, 15) is 23.1 Å². The van der Waals surface area contributed by atoms with E-state index in [0.29, 0.717) is 40.5 Å². The molecule has 8 nitrogen and oxygen atoms in total. The lowest BCUT2D eigenvalue weighted by atomic mass is 9.87. The van der Waals surface area contributed by atoms with E-state index in [1.807, 2.05) is 36.4 Å². The van der Waals surface area contributed by atoms with Crippen molar-refractivity contribution < 1.29 is 23.1 Å². The van der Waals surface area contributed by atoms with E-state index in [1.54, 1.807) is 16.4 Å². The molecule has 0 radical (unpaired) electrons. The molecular weight excluding hydrogens is 681 g/mol. The third-order valence-electron chi connectivity index (χ3n) is 9.38. The van der Waals surface area contributed by atoms with E-state index in [-0.39, 0.29) is 16.3 Å².